The average molecular weight is 374 g/mol. The molecule has 5 nitrogen and oxygen atoms in total. The zero-order chi connectivity index (χ0) is 19.7. The van der Waals surface area contributed by atoms with Crippen LogP contribution in [0.1, 0.15) is 35.5 Å². The van der Waals surface area contributed by atoms with Gasteiger partial charge in [0.15, 0.2) is 0 Å². The highest BCUT2D eigenvalue weighted by atomic mass is 16.5. The third kappa shape index (κ3) is 3.29. The lowest BCUT2D eigenvalue weighted by Gasteiger charge is -2.14. The number of ether oxygens (including phenoxy) is 1. The standard InChI is InChI=1S/C23H26N4O/c1-15-20-12-19(28-4)10-11-22(20)26-23(15)14-24-16(2)21-13-25-27(17(21)3)18-8-6-5-7-9-18/h5-13,16,24,26H,14H2,1-4H3/t16-/m0/s1. The normalized spacial score (nSPS) is 12.4. The van der Waals surface area contributed by atoms with Crippen LogP contribution in [-0.2, 0) is 6.54 Å². The number of aromatic nitrogens is 3. The minimum Gasteiger partial charge on any atom is -0.497 e. The number of fused-ring (bicyclic) bond motifs is 1. The number of benzene rings is 2. The van der Waals surface area contributed by atoms with Crippen LogP contribution in [0.5, 0.6) is 5.75 Å². The predicted molar refractivity (Wildman–Crippen MR) is 113 cm³/mol. The van der Waals surface area contributed by atoms with Gasteiger partial charge in [0.2, 0.25) is 0 Å². The van der Waals surface area contributed by atoms with Crippen LogP contribution in [0.15, 0.2) is 54.7 Å². The van der Waals surface area contributed by atoms with Gasteiger partial charge in [0.05, 0.1) is 19.0 Å². The second-order valence-corrected chi connectivity index (χ2v) is 7.18. The topological polar surface area (TPSA) is 54.9 Å². The molecule has 0 unspecified atom stereocenters. The highest BCUT2D eigenvalue weighted by molar-refractivity contribution is 5.85. The first-order valence-corrected chi connectivity index (χ1v) is 9.57. The first-order valence-electron chi connectivity index (χ1n) is 9.57. The van der Waals surface area contributed by atoms with E-state index in [-0.39, 0.29) is 6.04 Å². The fraction of sp³-hybridized carbons (Fsp3) is 0.261. The molecule has 0 bridgehead atoms. The minimum absolute atomic E-state index is 0.192. The molecule has 0 amide bonds. The van der Waals surface area contributed by atoms with Crippen molar-refractivity contribution >= 4 is 10.9 Å². The Morgan fingerprint density at radius 1 is 1.14 bits per heavy atom. The number of rotatable bonds is 6. The van der Waals surface area contributed by atoms with Gasteiger partial charge >= 0.3 is 0 Å². The third-order valence-electron chi connectivity index (χ3n) is 5.47. The molecule has 0 saturated carbocycles. The van der Waals surface area contributed by atoms with Gasteiger partial charge in [-0.15, -0.1) is 0 Å². The smallest absolute Gasteiger partial charge is 0.119 e. The zero-order valence-electron chi connectivity index (χ0n) is 16.8. The second kappa shape index (κ2) is 7.52. The van der Waals surface area contributed by atoms with Gasteiger partial charge in [-0.3, -0.25) is 0 Å². The van der Waals surface area contributed by atoms with E-state index < -0.39 is 0 Å². The van der Waals surface area contributed by atoms with E-state index in [0.717, 1.165) is 29.2 Å². The monoisotopic (exact) mass is 374 g/mol. The predicted octanol–water partition coefficient (Wildman–Crippen LogP) is 4.83. The van der Waals surface area contributed by atoms with E-state index in [4.69, 9.17) is 4.74 Å². The van der Waals surface area contributed by atoms with Crippen molar-refractivity contribution in [2.24, 2.45) is 0 Å². The summed E-state index contributed by atoms with van der Waals surface area (Å²) < 4.78 is 7.35. The molecule has 0 saturated heterocycles. The van der Waals surface area contributed by atoms with Crippen molar-refractivity contribution < 1.29 is 4.74 Å². The van der Waals surface area contributed by atoms with Crippen LogP contribution < -0.4 is 10.1 Å². The lowest BCUT2D eigenvalue weighted by molar-refractivity contribution is 0.415. The van der Waals surface area contributed by atoms with E-state index in [1.54, 1.807) is 7.11 Å². The van der Waals surface area contributed by atoms with Crippen LogP contribution >= 0.6 is 0 Å². The van der Waals surface area contributed by atoms with Gasteiger partial charge < -0.3 is 15.0 Å². The summed E-state index contributed by atoms with van der Waals surface area (Å²) >= 11 is 0. The van der Waals surface area contributed by atoms with Gasteiger partial charge in [0.25, 0.3) is 0 Å². The third-order valence-corrected chi connectivity index (χ3v) is 5.47. The van der Waals surface area contributed by atoms with Crippen molar-refractivity contribution in [3.63, 3.8) is 0 Å². The van der Waals surface area contributed by atoms with Gasteiger partial charge in [-0.05, 0) is 56.7 Å². The molecule has 0 fully saturated rings. The number of methoxy groups -OCH3 is 1. The minimum atomic E-state index is 0.192. The van der Waals surface area contributed by atoms with Crippen LogP contribution in [0.3, 0.4) is 0 Å². The lowest BCUT2D eigenvalue weighted by Crippen LogP contribution is -2.19. The molecule has 0 aliphatic carbocycles. The Morgan fingerprint density at radius 2 is 1.93 bits per heavy atom. The molecule has 2 N–H and O–H groups in total. The molecule has 2 heterocycles. The summed E-state index contributed by atoms with van der Waals surface area (Å²) in [4.78, 5) is 3.53. The van der Waals surface area contributed by atoms with E-state index in [0.29, 0.717) is 0 Å². The summed E-state index contributed by atoms with van der Waals surface area (Å²) in [5.74, 6) is 0.881. The maximum atomic E-state index is 5.36. The maximum Gasteiger partial charge on any atom is 0.119 e. The van der Waals surface area contributed by atoms with Gasteiger partial charge in [-0.25, -0.2) is 4.68 Å². The Bertz CT molecular complexity index is 1090. The van der Waals surface area contributed by atoms with Crippen LogP contribution in [0, 0.1) is 13.8 Å². The van der Waals surface area contributed by atoms with Crippen molar-refractivity contribution in [2.45, 2.75) is 33.4 Å². The molecule has 144 valence electrons. The van der Waals surface area contributed by atoms with Gasteiger partial charge in [-0.2, -0.15) is 5.10 Å². The molecule has 5 heteroatoms. The largest absolute Gasteiger partial charge is 0.497 e. The van der Waals surface area contributed by atoms with Gasteiger partial charge in [0, 0.05) is 40.4 Å². The molecule has 2 aromatic carbocycles. The molecule has 2 aromatic heterocycles. The van der Waals surface area contributed by atoms with Crippen LogP contribution in [0.2, 0.25) is 0 Å². The first kappa shape index (κ1) is 18.3. The van der Waals surface area contributed by atoms with Crippen LogP contribution in [-0.4, -0.2) is 21.9 Å². The van der Waals surface area contributed by atoms with E-state index in [1.165, 1.54) is 22.2 Å². The lowest BCUT2D eigenvalue weighted by atomic mass is 10.1. The average Bonchev–Trinajstić information content (AvgIpc) is 3.26. The fourth-order valence-corrected chi connectivity index (χ4v) is 3.71. The Morgan fingerprint density at radius 3 is 2.68 bits per heavy atom. The number of hydrogen-bond acceptors (Lipinski definition) is 3. The Hall–Kier alpha value is -3.05. The van der Waals surface area contributed by atoms with E-state index in [1.807, 2.05) is 35.1 Å². The molecular weight excluding hydrogens is 348 g/mol. The SMILES string of the molecule is COc1ccc2[nH]c(CN[C@@H](C)c3cnn(-c4ccccc4)c3C)c(C)c2c1. The number of nitrogens with one attached hydrogen (secondary N) is 2. The number of H-pyrrole nitrogens is 1. The first-order chi connectivity index (χ1) is 13.6. The van der Waals surface area contributed by atoms with Crippen molar-refractivity contribution in [3.05, 3.63) is 77.2 Å². The number of para-hydroxylation sites is 1. The Labute approximate surface area is 165 Å². The Kier molecular flexibility index (Phi) is 4.92. The number of aryl methyl sites for hydroxylation is 1. The highest BCUT2D eigenvalue weighted by Crippen LogP contribution is 2.27. The molecule has 0 aliphatic rings. The molecular formula is C23H26N4O. The molecule has 0 aliphatic heterocycles. The van der Waals surface area contributed by atoms with E-state index in [2.05, 4.69) is 60.4 Å². The van der Waals surface area contributed by atoms with E-state index >= 15 is 0 Å². The van der Waals surface area contributed by atoms with Crippen molar-refractivity contribution in [2.75, 3.05) is 7.11 Å². The molecule has 1 atom stereocenters. The molecule has 0 spiro atoms. The Balaban J connectivity index is 1.52. The molecule has 28 heavy (non-hydrogen) atoms. The maximum absolute atomic E-state index is 5.36. The highest BCUT2D eigenvalue weighted by Gasteiger charge is 2.15. The fourth-order valence-electron chi connectivity index (χ4n) is 3.71. The number of nitrogens with zero attached hydrogens (tertiary/aromatic N) is 2. The molecule has 4 aromatic rings. The van der Waals surface area contributed by atoms with Crippen molar-refractivity contribution in [3.8, 4) is 11.4 Å². The quantitative estimate of drug-likeness (QED) is 0.508. The summed E-state index contributed by atoms with van der Waals surface area (Å²) in [7, 11) is 1.70. The number of hydrogen-bond donors (Lipinski definition) is 2. The van der Waals surface area contributed by atoms with Crippen LogP contribution in [0.4, 0.5) is 0 Å². The zero-order valence-corrected chi connectivity index (χ0v) is 16.8. The van der Waals surface area contributed by atoms with Crippen molar-refractivity contribution in [1.82, 2.24) is 20.1 Å². The summed E-state index contributed by atoms with van der Waals surface area (Å²) in [6, 6.07) is 16.6. The summed E-state index contributed by atoms with van der Waals surface area (Å²) in [6.45, 7) is 7.22. The molecule has 4 rings (SSSR count). The van der Waals surface area contributed by atoms with Gasteiger partial charge in [-0.1, -0.05) is 18.2 Å². The second-order valence-electron chi connectivity index (χ2n) is 7.18. The van der Waals surface area contributed by atoms with Crippen LogP contribution in [0.25, 0.3) is 16.6 Å². The summed E-state index contributed by atoms with van der Waals surface area (Å²) in [6.07, 6.45) is 1.96. The molecule has 0 radical (unpaired) electrons. The summed E-state index contributed by atoms with van der Waals surface area (Å²) in [5.41, 5.74) is 7.03. The summed E-state index contributed by atoms with van der Waals surface area (Å²) in [5, 5.41) is 9.43. The van der Waals surface area contributed by atoms with Crippen molar-refractivity contribution in [1.29, 1.82) is 0 Å². The van der Waals surface area contributed by atoms with E-state index in [9.17, 15) is 0 Å². The van der Waals surface area contributed by atoms with Gasteiger partial charge in [0.1, 0.15) is 5.75 Å². The number of aromatic amines is 1.